The van der Waals surface area contributed by atoms with Crippen LogP contribution in [0.1, 0.15) is 96.3 Å². The van der Waals surface area contributed by atoms with Crippen LogP contribution < -0.4 is 0 Å². The molecule has 0 aliphatic heterocycles. The second kappa shape index (κ2) is 10.6. The lowest BCUT2D eigenvalue weighted by molar-refractivity contribution is -0.0510. The van der Waals surface area contributed by atoms with Gasteiger partial charge in [0, 0.05) is 8.80 Å². The molecule has 0 aromatic rings. The van der Waals surface area contributed by atoms with Gasteiger partial charge in [0.05, 0.1) is 0 Å². The Morgan fingerprint density at radius 3 is 1.04 bits per heavy atom. The number of hydrogen-bond acceptors (Lipinski definition) is 2. The lowest BCUT2D eigenvalue weighted by Crippen LogP contribution is -2.35. The van der Waals surface area contributed by atoms with E-state index in [0.717, 1.165) is 0 Å². The van der Waals surface area contributed by atoms with Crippen molar-refractivity contribution in [2.75, 3.05) is 0 Å². The van der Waals surface area contributed by atoms with E-state index in [1.54, 1.807) is 96.3 Å². The van der Waals surface area contributed by atoms with Gasteiger partial charge in [-0.05, 0) is 16.6 Å². The van der Waals surface area contributed by atoms with Gasteiger partial charge in [-0.25, -0.2) is 0 Å². The second-order valence-corrected chi connectivity index (χ2v) is 14.1. The number of halogens is 3. The summed E-state index contributed by atoms with van der Waals surface area (Å²) in [6, 6.07) is 0. The van der Waals surface area contributed by atoms with Gasteiger partial charge < -0.3 is 0 Å². The third kappa shape index (κ3) is 7.35. The zero-order valence-electron chi connectivity index (χ0n) is 16.2. The maximum Gasteiger partial charge on any atom is 0.522 e. The smallest absolute Gasteiger partial charge is 0.279 e. The van der Waals surface area contributed by atoms with Gasteiger partial charge in [-0.2, -0.15) is 21.6 Å². The highest BCUT2D eigenvalue weighted by Crippen LogP contribution is 2.49. The van der Waals surface area contributed by atoms with E-state index in [0.29, 0.717) is 0 Å². The first-order valence-electron chi connectivity index (χ1n) is 10.7. The molecule has 3 aliphatic rings. The number of hydrogen-bond donors (Lipinski definition) is 1. The summed E-state index contributed by atoms with van der Waals surface area (Å²) in [4.78, 5) is 0. The largest absolute Gasteiger partial charge is 0.522 e. The van der Waals surface area contributed by atoms with Crippen LogP contribution in [0.15, 0.2) is 0 Å². The van der Waals surface area contributed by atoms with Crippen LogP contribution in [-0.2, 0) is 10.1 Å². The monoisotopic (exact) mass is 428 g/mol. The molecule has 3 saturated carbocycles. The van der Waals surface area contributed by atoms with Gasteiger partial charge in [-0.3, -0.25) is 4.55 Å². The Balaban J connectivity index is 0.000000279. The van der Waals surface area contributed by atoms with Crippen molar-refractivity contribution in [1.82, 2.24) is 0 Å². The van der Waals surface area contributed by atoms with E-state index >= 15 is 0 Å². The summed E-state index contributed by atoms with van der Waals surface area (Å²) < 4.78 is 57.5. The molecule has 1 N–H and O–H groups in total. The molecule has 0 atom stereocenters. The fraction of sp³-hybridized carbons (Fsp3) is 1.00. The molecule has 27 heavy (non-hydrogen) atoms. The maximum atomic E-state index is 10.7. The molecular weight excluding hydrogens is 393 g/mol. The van der Waals surface area contributed by atoms with Crippen molar-refractivity contribution in [3.8, 4) is 0 Å². The number of alkyl halides is 3. The van der Waals surface area contributed by atoms with Gasteiger partial charge in [0.1, 0.15) is 0 Å². The van der Waals surface area contributed by atoms with Crippen molar-refractivity contribution in [1.29, 1.82) is 0 Å². The summed E-state index contributed by atoms with van der Waals surface area (Å²) in [6.45, 7) is 0. The van der Waals surface area contributed by atoms with E-state index in [-0.39, 0.29) is 0 Å². The molecule has 0 unspecified atom stereocenters. The SMILES string of the molecule is C1CCC([SiH](C2CCCCC2)C2CCCCC2)CC1.O=S(=O)(O)C(F)(F)F. The molecule has 0 aromatic carbocycles. The summed E-state index contributed by atoms with van der Waals surface area (Å²) in [5.41, 5.74) is -1.74. The molecule has 0 amide bonds. The van der Waals surface area contributed by atoms with Crippen LogP contribution in [0.2, 0.25) is 16.6 Å². The van der Waals surface area contributed by atoms with Gasteiger partial charge in [-0.15, -0.1) is 0 Å². The molecule has 3 fully saturated rings. The second-order valence-electron chi connectivity index (χ2n) is 8.69. The van der Waals surface area contributed by atoms with E-state index in [1.807, 2.05) is 0 Å². The molecule has 8 heteroatoms. The van der Waals surface area contributed by atoms with E-state index in [4.69, 9.17) is 13.0 Å². The highest BCUT2D eigenvalue weighted by Gasteiger charge is 2.44. The lowest BCUT2D eigenvalue weighted by atomic mass is 9.98. The highest BCUT2D eigenvalue weighted by molar-refractivity contribution is 7.86. The minimum atomic E-state index is -5.84. The van der Waals surface area contributed by atoms with Gasteiger partial charge in [-0.1, -0.05) is 96.3 Å². The molecule has 0 bridgehead atoms. The highest BCUT2D eigenvalue weighted by atomic mass is 32.2. The van der Waals surface area contributed by atoms with E-state index in [9.17, 15) is 13.2 Å². The minimum Gasteiger partial charge on any atom is -0.279 e. The van der Waals surface area contributed by atoms with Crippen LogP contribution in [0.5, 0.6) is 0 Å². The van der Waals surface area contributed by atoms with Gasteiger partial charge in [0.15, 0.2) is 0 Å². The summed E-state index contributed by atoms with van der Waals surface area (Å²) in [5.74, 6) is 0. The Morgan fingerprint density at radius 2 is 0.852 bits per heavy atom. The van der Waals surface area contributed by atoms with Crippen molar-refractivity contribution in [2.45, 2.75) is 118 Å². The third-order valence-electron chi connectivity index (χ3n) is 6.87. The van der Waals surface area contributed by atoms with Crippen molar-refractivity contribution >= 4 is 18.9 Å². The summed E-state index contributed by atoms with van der Waals surface area (Å²) in [7, 11) is -6.32. The van der Waals surface area contributed by atoms with Crippen molar-refractivity contribution in [3.05, 3.63) is 0 Å². The van der Waals surface area contributed by atoms with E-state index in [1.165, 1.54) is 16.6 Å². The average Bonchev–Trinajstić information content (AvgIpc) is 2.64. The van der Waals surface area contributed by atoms with Crippen LogP contribution in [0.3, 0.4) is 0 Å². The molecule has 0 aromatic heterocycles. The fourth-order valence-corrected chi connectivity index (χ4v) is 11.7. The van der Waals surface area contributed by atoms with Crippen LogP contribution in [0.4, 0.5) is 13.2 Å². The van der Waals surface area contributed by atoms with Crippen molar-refractivity contribution in [2.24, 2.45) is 0 Å². The summed E-state index contributed by atoms with van der Waals surface area (Å²) in [6.07, 6.45) is 24.0. The Morgan fingerprint density at radius 1 is 0.630 bits per heavy atom. The molecule has 3 nitrogen and oxygen atoms in total. The average molecular weight is 429 g/mol. The summed E-state index contributed by atoms with van der Waals surface area (Å²) >= 11 is 0. The predicted octanol–water partition coefficient (Wildman–Crippen LogP) is 6.61. The first-order chi connectivity index (χ1) is 12.7. The first kappa shape index (κ1) is 23.2. The Hall–Kier alpha value is -0.0831. The van der Waals surface area contributed by atoms with Crippen LogP contribution in [0, 0.1) is 0 Å². The number of rotatable bonds is 3. The predicted molar refractivity (Wildman–Crippen MR) is 105 cm³/mol. The maximum absolute atomic E-state index is 10.7. The molecule has 0 radical (unpaired) electrons. The lowest BCUT2D eigenvalue weighted by Gasteiger charge is -2.42. The zero-order chi connectivity index (χ0) is 19.9. The van der Waals surface area contributed by atoms with Crippen LogP contribution in [-0.4, -0.2) is 27.3 Å². The molecule has 160 valence electrons. The van der Waals surface area contributed by atoms with Crippen LogP contribution in [0.25, 0.3) is 0 Å². The quantitative estimate of drug-likeness (QED) is 0.312. The summed E-state index contributed by atoms with van der Waals surface area (Å²) in [5, 5.41) is 0. The van der Waals surface area contributed by atoms with Crippen LogP contribution >= 0.6 is 0 Å². The first-order valence-corrected chi connectivity index (χ1v) is 14.2. The molecule has 0 saturated heterocycles. The molecule has 0 heterocycles. The van der Waals surface area contributed by atoms with Gasteiger partial charge in [0.2, 0.25) is 0 Å². The molecule has 0 spiro atoms. The standard InChI is InChI=1S/C18H34Si.CHF3O3S/c1-4-10-16(11-5-1)19(17-12-6-2-7-13-17)18-14-8-3-9-15-18;2-1(3,4)8(5,6)7/h16-19H,1-15H2;(H,5,6,7). The van der Waals surface area contributed by atoms with Gasteiger partial charge >= 0.3 is 15.6 Å². The van der Waals surface area contributed by atoms with Crippen molar-refractivity contribution < 1.29 is 26.1 Å². The topological polar surface area (TPSA) is 54.4 Å². The van der Waals surface area contributed by atoms with Crippen molar-refractivity contribution in [3.63, 3.8) is 0 Å². The normalized spacial score (nSPS) is 24.5. The van der Waals surface area contributed by atoms with E-state index in [2.05, 4.69) is 0 Å². The molecule has 3 rings (SSSR count). The minimum absolute atomic E-state index is 0.478. The Labute approximate surface area is 163 Å². The molecule has 3 aliphatic carbocycles. The fourth-order valence-electron chi connectivity index (χ4n) is 5.71. The van der Waals surface area contributed by atoms with Gasteiger partial charge in [0.25, 0.3) is 0 Å². The van der Waals surface area contributed by atoms with E-state index < -0.39 is 24.4 Å². The molecular formula is C19H35F3O3SSi. The Kier molecular flexibility index (Phi) is 9.13. The third-order valence-corrected chi connectivity index (χ3v) is 12.7. The Bertz CT molecular complexity index is 478. The zero-order valence-corrected chi connectivity index (χ0v) is 18.2.